The first kappa shape index (κ1) is 30.9. The second-order valence-electron chi connectivity index (χ2n) is 8.87. The van der Waals surface area contributed by atoms with E-state index in [9.17, 15) is 19.7 Å². The predicted octanol–water partition coefficient (Wildman–Crippen LogP) is 4.44. The molecular weight excluding hydrogens is 499 g/mol. The summed E-state index contributed by atoms with van der Waals surface area (Å²) < 4.78 is 5.11. The molecule has 0 aromatic heterocycles. The molecule has 1 aromatic carbocycles. The number of likely N-dealkylation sites (tertiary alicyclic amines) is 2. The predicted molar refractivity (Wildman–Crippen MR) is 138 cm³/mol. The van der Waals surface area contributed by atoms with Crippen LogP contribution >= 0.6 is 24.0 Å². The van der Waals surface area contributed by atoms with Crippen LogP contribution in [0.5, 0.6) is 5.75 Å². The minimum absolute atomic E-state index is 0. The van der Waals surface area contributed by atoms with Crippen molar-refractivity contribution in [1.29, 1.82) is 0 Å². The summed E-state index contributed by atoms with van der Waals surface area (Å²) in [5, 5.41) is 22.1. The number of aliphatic carboxylic acids is 1. The maximum absolute atomic E-state index is 12.3. The number of nitro groups is 1. The largest absolute Gasteiger partial charge is 0.494 e. The van der Waals surface area contributed by atoms with Crippen molar-refractivity contribution in [2.24, 2.45) is 0 Å². The van der Waals surface area contributed by atoms with Crippen LogP contribution in [-0.4, -0.2) is 78.1 Å². The van der Waals surface area contributed by atoms with E-state index >= 15 is 0 Å². The van der Waals surface area contributed by atoms with Crippen molar-refractivity contribution in [3.8, 4) is 5.75 Å². The molecule has 0 aliphatic carbocycles. The Morgan fingerprint density at radius 3 is 2.11 bits per heavy atom. The molecular formula is C23H36Cl2N4O6. The van der Waals surface area contributed by atoms with Crippen molar-refractivity contribution >= 4 is 47.3 Å². The van der Waals surface area contributed by atoms with Crippen LogP contribution in [0, 0.1) is 10.1 Å². The topological polar surface area (TPSA) is 125 Å². The summed E-state index contributed by atoms with van der Waals surface area (Å²) >= 11 is 5.90. The van der Waals surface area contributed by atoms with Crippen LogP contribution in [0.15, 0.2) is 12.1 Å². The summed E-state index contributed by atoms with van der Waals surface area (Å²) in [5.74, 6) is -0.623. The van der Waals surface area contributed by atoms with Gasteiger partial charge in [0.05, 0.1) is 30.2 Å². The van der Waals surface area contributed by atoms with Gasteiger partial charge in [0.1, 0.15) is 10.8 Å². The lowest BCUT2D eigenvalue weighted by molar-refractivity contribution is -0.384. The Morgan fingerprint density at radius 1 is 1.11 bits per heavy atom. The number of carbonyl (C=O) groups excluding carboxylic acids is 1. The molecule has 2 aliphatic heterocycles. The van der Waals surface area contributed by atoms with Gasteiger partial charge in [-0.2, -0.15) is 0 Å². The molecule has 2 N–H and O–H groups in total. The number of carboxylic acid groups (broad SMARTS) is 1. The molecule has 0 bridgehead atoms. The number of benzene rings is 1. The third kappa shape index (κ3) is 9.79. The Labute approximate surface area is 217 Å². The van der Waals surface area contributed by atoms with Gasteiger partial charge in [-0.25, -0.2) is 0 Å². The van der Waals surface area contributed by atoms with Crippen LogP contribution in [0.4, 0.5) is 11.4 Å². The summed E-state index contributed by atoms with van der Waals surface area (Å²) in [6, 6.07) is 3.05. The third-order valence-electron chi connectivity index (χ3n) is 6.41. The van der Waals surface area contributed by atoms with Gasteiger partial charge in [-0.15, -0.1) is 12.4 Å². The number of hydrogen-bond donors (Lipinski definition) is 2. The molecule has 12 heteroatoms. The number of nitrogens with zero attached hydrogens (tertiary/aromatic N) is 3. The third-order valence-corrected chi connectivity index (χ3v) is 6.72. The quantitative estimate of drug-likeness (QED) is 0.388. The molecule has 1 aromatic rings. The molecule has 2 atom stereocenters. The number of carboxylic acids is 1. The van der Waals surface area contributed by atoms with Gasteiger partial charge in [0.25, 0.3) is 5.69 Å². The molecule has 10 nitrogen and oxygen atoms in total. The summed E-state index contributed by atoms with van der Waals surface area (Å²) in [7, 11) is 5.41. The van der Waals surface area contributed by atoms with E-state index in [0.717, 1.165) is 38.8 Å². The van der Waals surface area contributed by atoms with E-state index in [1.165, 1.54) is 32.1 Å². The van der Waals surface area contributed by atoms with Crippen LogP contribution < -0.4 is 10.1 Å². The molecule has 2 fully saturated rings. The molecule has 1 amide bonds. The van der Waals surface area contributed by atoms with Gasteiger partial charge in [0.2, 0.25) is 5.91 Å². The number of rotatable bonds is 7. The number of hydrogen-bond acceptors (Lipinski definition) is 7. The number of halogens is 2. The van der Waals surface area contributed by atoms with Crippen LogP contribution in [-0.2, 0) is 9.59 Å². The molecule has 2 aliphatic rings. The fourth-order valence-corrected chi connectivity index (χ4v) is 4.60. The van der Waals surface area contributed by atoms with E-state index in [-0.39, 0.29) is 46.9 Å². The summed E-state index contributed by atoms with van der Waals surface area (Å²) in [6.07, 6.45) is 7.37. The normalized spacial score (nSPS) is 20.6. The molecule has 198 valence electrons. The van der Waals surface area contributed by atoms with Gasteiger partial charge in [0, 0.05) is 18.5 Å². The zero-order valence-corrected chi connectivity index (χ0v) is 22.1. The average molecular weight is 535 g/mol. The SMILES string of the molecule is CN1CCCCC1CC(=O)O.COc1cc([N+](=O)[O-])c(Cl)cc1NC(=O)CC1CCCCN1C.Cl. The molecule has 2 heterocycles. The molecule has 0 saturated carbocycles. The van der Waals surface area contributed by atoms with Crippen molar-refractivity contribution in [3.63, 3.8) is 0 Å². The Morgan fingerprint density at radius 2 is 1.66 bits per heavy atom. The van der Waals surface area contributed by atoms with Gasteiger partial charge >= 0.3 is 5.97 Å². The number of nitrogens with one attached hydrogen (secondary N) is 1. The van der Waals surface area contributed by atoms with Crippen LogP contribution in [0.25, 0.3) is 0 Å². The highest BCUT2D eigenvalue weighted by Crippen LogP contribution is 2.36. The molecule has 0 radical (unpaired) electrons. The average Bonchev–Trinajstić information content (AvgIpc) is 2.77. The van der Waals surface area contributed by atoms with Crippen molar-refractivity contribution in [2.45, 2.75) is 63.5 Å². The standard InChI is InChI=1S/C15H20ClN3O4.C8H15NO2.ClH/c1-18-6-4-3-5-10(18)7-15(20)17-12-8-11(16)13(19(21)22)9-14(12)23-2;1-9-5-3-2-4-7(9)6-8(10)11;/h8-10H,3-7H2,1-2H3,(H,17,20);7H,2-6H2,1H3,(H,10,11);1H. The highest BCUT2D eigenvalue weighted by molar-refractivity contribution is 6.33. The number of ether oxygens (including phenoxy) is 1. The maximum atomic E-state index is 12.3. The van der Waals surface area contributed by atoms with Gasteiger partial charge in [-0.05, 0) is 58.9 Å². The van der Waals surface area contributed by atoms with Gasteiger partial charge in [-0.1, -0.05) is 24.4 Å². The molecule has 2 unspecified atom stereocenters. The van der Waals surface area contributed by atoms with E-state index in [1.54, 1.807) is 0 Å². The number of methoxy groups -OCH3 is 1. The van der Waals surface area contributed by atoms with Crippen molar-refractivity contribution in [3.05, 3.63) is 27.3 Å². The first-order valence-corrected chi connectivity index (χ1v) is 11.9. The number of piperidine rings is 2. The van der Waals surface area contributed by atoms with E-state index in [1.807, 2.05) is 14.1 Å². The Hall–Kier alpha value is -2.14. The molecule has 35 heavy (non-hydrogen) atoms. The van der Waals surface area contributed by atoms with E-state index in [0.29, 0.717) is 18.5 Å². The summed E-state index contributed by atoms with van der Waals surface area (Å²) in [4.78, 5) is 37.3. The fraction of sp³-hybridized carbons (Fsp3) is 0.652. The van der Waals surface area contributed by atoms with Gasteiger partial charge in [-0.3, -0.25) is 19.7 Å². The van der Waals surface area contributed by atoms with Gasteiger partial charge in [0.15, 0.2) is 0 Å². The summed E-state index contributed by atoms with van der Waals surface area (Å²) in [5.41, 5.74) is 0.0834. The minimum atomic E-state index is -0.677. The molecule has 2 saturated heterocycles. The second kappa shape index (κ2) is 15.1. The highest BCUT2D eigenvalue weighted by atomic mass is 35.5. The van der Waals surface area contributed by atoms with E-state index in [2.05, 4.69) is 15.1 Å². The van der Waals surface area contributed by atoms with Gasteiger partial charge < -0.3 is 25.0 Å². The Balaban J connectivity index is 0.000000430. The molecule has 3 rings (SSSR count). The van der Waals surface area contributed by atoms with E-state index in [4.69, 9.17) is 21.4 Å². The van der Waals surface area contributed by atoms with Crippen molar-refractivity contribution in [2.75, 3.05) is 39.6 Å². The number of carbonyl (C=O) groups is 2. The number of amides is 1. The lowest BCUT2D eigenvalue weighted by atomic mass is 10.00. The smallest absolute Gasteiger partial charge is 0.304 e. The second-order valence-corrected chi connectivity index (χ2v) is 9.28. The monoisotopic (exact) mass is 534 g/mol. The first-order chi connectivity index (χ1) is 16.1. The maximum Gasteiger partial charge on any atom is 0.304 e. The van der Waals surface area contributed by atoms with Crippen molar-refractivity contribution in [1.82, 2.24) is 9.80 Å². The van der Waals surface area contributed by atoms with Crippen LogP contribution in [0.3, 0.4) is 0 Å². The summed E-state index contributed by atoms with van der Waals surface area (Å²) in [6.45, 7) is 2.04. The Kier molecular flexibility index (Phi) is 13.3. The van der Waals surface area contributed by atoms with Crippen molar-refractivity contribution < 1.29 is 24.4 Å². The molecule has 0 spiro atoms. The minimum Gasteiger partial charge on any atom is -0.494 e. The Bertz CT molecular complexity index is 873. The van der Waals surface area contributed by atoms with Crippen LogP contribution in [0.1, 0.15) is 51.4 Å². The number of anilines is 1. The van der Waals surface area contributed by atoms with E-state index < -0.39 is 10.9 Å². The lowest BCUT2D eigenvalue weighted by Gasteiger charge is -2.32. The zero-order chi connectivity index (χ0) is 25.3. The highest BCUT2D eigenvalue weighted by Gasteiger charge is 2.24. The number of nitro benzene ring substituents is 1. The zero-order valence-electron chi connectivity index (χ0n) is 20.5. The van der Waals surface area contributed by atoms with Crippen LogP contribution in [0.2, 0.25) is 5.02 Å². The first-order valence-electron chi connectivity index (χ1n) is 11.6. The lowest BCUT2D eigenvalue weighted by Crippen LogP contribution is -2.38. The fourth-order valence-electron chi connectivity index (χ4n) is 4.37.